The lowest BCUT2D eigenvalue weighted by Gasteiger charge is -2.25. The molecule has 1 aliphatic carbocycles. The Labute approximate surface area is 103 Å². The fraction of sp³-hybridized carbons (Fsp3) is 0.545. The Hall–Kier alpha value is -0.810. The topological polar surface area (TPSA) is 68.3 Å². The van der Waals surface area contributed by atoms with Gasteiger partial charge in [-0.25, -0.2) is 0 Å². The summed E-state index contributed by atoms with van der Waals surface area (Å²) in [5, 5.41) is 3.20. The van der Waals surface area contributed by atoms with E-state index in [9.17, 15) is 4.79 Å². The van der Waals surface area contributed by atoms with E-state index in [0.29, 0.717) is 16.3 Å². The normalized spacial score (nSPS) is 19.4. The number of nitrogens with one attached hydrogen (secondary N) is 1. The molecule has 1 atom stereocenters. The van der Waals surface area contributed by atoms with E-state index < -0.39 is 11.4 Å². The minimum atomic E-state index is -0.922. The third kappa shape index (κ3) is 2.30. The number of carbonyl (C=O) groups is 1. The van der Waals surface area contributed by atoms with Crippen molar-refractivity contribution in [2.75, 3.05) is 6.54 Å². The molecule has 1 saturated carbocycles. The number of primary amides is 1. The van der Waals surface area contributed by atoms with Crippen LogP contribution in [0.3, 0.4) is 0 Å². The van der Waals surface area contributed by atoms with Crippen LogP contribution in [0.5, 0.6) is 0 Å². The Balaban J connectivity index is 2.16. The molecule has 1 aliphatic rings. The fourth-order valence-corrected chi connectivity index (χ4v) is 1.86. The van der Waals surface area contributed by atoms with Crippen LogP contribution in [-0.2, 0) is 10.3 Å². The molecule has 1 amide bonds. The van der Waals surface area contributed by atoms with Gasteiger partial charge >= 0.3 is 0 Å². The Morgan fingerprint density at radius 3 is 2.81 bits per heavy atom. The first-order valence-electron chi connectivity index (χ1n) is 5.33. The van der Waals surface area contributed by atoms with Gasteiger partial charge in [-0.1, -0.05) is 0 Å². The number of rotatable bonds is 5. The summed E-state index contributed by atoms with van der Waals surface area (Å²) >= 11 is 3.22. The maximum Gasteiger partial charge on any atom is 0.245 e. The van der Waals surface area contributed by atoms with Gasteiger partial charge in [-0.05, 0) is 60.3 Å². The van der Waals surface area contributed by atoms with Gasteiger partial charge in [0.05, 0.1) is 0 Å². The van der Waals surface area contributed by atoms with Crippen LogP contribution in [0.4, 0.5) is 0 Å². The molecule has 0 aromatic carbocycles. The minimum absolute atomic E-state index is 0.421. The summed E-state index contributed by atoms with van der Waals surface area (Å²) in [7, 11) is 0. The van der Waals surface area contributed by atoms with Gasteiger partial charge in [0, 0.05) is 0 Å². The van der Waals surface area contributed by atoms with Crippen molar-refractivity contribution >= 4 is 21.8 Å². The third-order valence-electron chi connectivity index (χ3n) is 3.00. The number of furan rings is 1. The van der Waals surface area contributed by atoms with E-state index in [1.807, 2.05) is 0 Å². The lowest BCUT2D eigenvalue weighted by atomic mass is 9.98. The fourth-order valence-electron chi connectivity index (χ4n) is 1.55. The van der Waals surface area contributed by atoms with Gasteiger partial charge in [0.15, 0.2) is 10.2 Å². The third-order valence-corrected chi connectivity index (χ3v) is 3.43. The Kier molecular flexibility index (Phi) is 3.08. The van der Waals surface area contributed by atoms with Crippen LogP contribution in [0.1, 0.15) is 25.5 Å². The van der Waals surface area contributed by atoms with E-state index in [0.717, 1.165) is 6.54 Å². The van der Waals surface area contributed by atoms with Crippen molar-refractivity contribution in [2.45, 2.75) is 25.3 Å². The first kappa shape index (κ1) is 11.7. The van der Waals surface area contributed by atoms with Gasteiger partial charge in [0.1, 0.15) is 5.76 Å². The van der Waals surface area contributed by atoms with Gasteiger partial charge in [0.2, 0.25) is 5.91 Å². The van der Waals surface area contributed by atoms with Gasteiger partial charge < -0.3 is 10.2 Å². The molecule has 88 valence electrons. The van der Waals surface area contributed by atoms with Gasteiger partial charge in [-0.15, -0.1) is 0 Å². The molecule has 2 rings (SSSR count). The molecule has 1 aromatic rings. The highest BCUT2D eigenvalue weighted by molar-refractivity contribution is 9.10. The number of hydrogen-bond acceptors (Lipinski definition) is 3. The average Bonchev–Trinajstić information content (AvgIpc) is 2.96. The van der Waals surface area contributed by atoms with Crippen molar-refractivity contribution in [1.82, 2.24) is 5.32 Å². The molecular formula is C11H15BrN2O2. The van der Waals surface area contributed by atoms with Crippen LogP contribution in [0.15, 0.2) is 21.2 Å². The molecule has 16 heavy (non-hydrogen) atoms. The SMILES string of the molecule is CC(NCC1CC1)(C(N)=O)c1ccc(Br)o1. The Bertz CT molecular complexity index is 400. The molecule has 4 nitrogen and oxygen atoms in total. The summed E-state index contributed by atoms with van der Waals surface area (Å²) in [6.45, 7) is 2.56. The number of carbonyl (C=O) groups excluding carboxylic acids is 1. The van der Waals surface area contributed by atoms with Crippen molar-refractivity contribution in [3.63, 3.8) is 0 Å². The summed E-state index contributed by atoms with van der Waals surface area (Å²) in [6.07, 6.45) is 2.45. The van der Waals surface area contributed by atoms with E-state index in [1.54, 1.807) is 19.1 Å². The molecule has 5 heteroatoms. The van der Waals surface area contributed by atoms with Crippen molar-refractivity contribution < 1.29 is 9.21 Å². The van der Waals surface area contributed by atoms with E-state index in [4.69, 9.17) is 10.2 Å². The van der Waals surface area contributed by atoms with Crippen LogP contribution in [0, 0.1) is 5.92 Å². The molecule has 0 saturated heterocycles. The zero-order valence-corrected chi connectivity index (χ0v) is 10.7. The summed E-state index contributed by atoms with van der Waals surface area (Å²) in [5.41, 5.74) is 4.52. The second kappa shape index (κ2) is 4.22. The summed E-state index contributed by atoms with van der Waals surface area (Å²) in [6, 6.07) is 3.52. The van der Waals surface area contributed by atoms with Crippen molar-refractivity contribution in [1.29, 1.82) is 0 Å². The van der Waals surface area contributed by atoms with Crippen LogP contribution in [0.25, 0.3) is 0 Å². The lowest BCUT2D eigenvalue weighted by molar-refractivity contribution is -0.124. The summed E-state index contributed by atoms with van der Waals surface area (Å²) in [4.78, 5) is 11.5. The monoisotopic (exact) mass is 286 g/mol. The second-order valence-corrected chi connectivity index (χ2v) is 5.20. The zero-order valence-electron chi connectivity index (χ0n) is 9.13. The number of amides is 1. The standard InChI is InChI=1S/C11H15BrN2O2/c1-11(10(13)15,14-6-7-2-3-7)8-4-5-9(12)16-8/h4-5,7,14H,2-3,6H2,1H3,(H2,13,15). The van der Waals surface area contributed by atoms with Crippen molar-refractivity contribution in [2.24, 2.45) is 11.7 Å². The van der Waals surface area contributed by atoms with Gasteiger partial charge in [-0.3, -0.25) is 10.1 Å². The predicted molar refractivity (Wildman–Crippen MR) is 63.7 cm³/mol. The molecule has 3 N–H and O–H groups in total. The van der Waals surface area contributed by atoms with Crippen LogP contribution in [0.2, 0.25) is 0 Å². The highest BCUT2D eigenvalue weighted by Crippen LogP contribution is 2.31. The quantitative estimate of drug-likeness (QED) is 0.866. The first-order valence-corrected chi connectivity index (χ1v) is 6.12. The molecule has 1 aromatic heterocycles. The number of halogens is 1. The highest BCUT2D eigenvalue weighted by Gasteiger charge is 2.37. The molecule has 0 radical (unpaired) electrons. The minimum Gasteiger partial charge on any atom is -0.452 e. The average molecular weight is 287 g/mol. The smallest absolute Gasteiger partial charge is 0.245 e. The van der Waals surface area contributed by atoms with Crippen LogP contribution in [-0.4, -0.2) is 12.5 Å². The van der Waals surface area contributed by atoms with Gasteiger partial charge in [-0.2, -0.15) is 0 Å². The zero-order chi connectivity index (χ0) is 11.8. The van der Waals surface area contributed by atoms with E-state index >= 15 is 0 Å². The molecule has 0 spiro atoms. The van der Waals surface area contributed by atoms with Crippen LogP contribution >= 0.6 is 15.9 Å². The van der Waals surface area contributed by atoms with Crippen molar-refractivity contribution in [3.05, 3.63) is 22.6 Å². The maximum atomic E-state index is 11.5. The van der Waals surface area contributed by atoms with Gasteiger partial charge in [0.25, 0.3) is 0 Å². The summed E-state index contributed by atoms with van der Waals surface area (Å²) in [5.74, 6) is 0.805. The van der Waals surface area contributed by atoms with E-state index in [2.05, 4.69) is 21.2 Å². The number of nitrogens with two attached hydrogens (primary N) is 1. The molecular weight excluding hydrogens is 272 g/mol. The highest BCUT2D eigenvalue weighted by atomic mass is 79.9. The molecule has 0 aliphatic heterocycles. The largest absolute Gasteiger partial charge is 0.452 e. The maximum absolute atomic E-state index is 11.5. The first-order chi connectivity index (χ1) is 7.52. The molecule has 0 bridgehead atoms. The molecule has 1 heterocycles. The van der Waals surface area contributed by atoms with Crippen molar-refractivity contribution in [3.8, 4) is 0 Å². The lowest BCUT2D eigenvalue weighted by Crippen LogP contribution is -2.50. The summed E-state index contributed by atoms with van der Waals surface area (Å²) < 4.78 is 6.02. The molecule has 1 unspecified atom stereocenters. The number of hydrogen-bond donors (Lipinski definition) is 2. The molecule has 1 fully saturated rings. The Morgan fingerprint density at radius 2 is 2.38 bits per heavy atom. The predicted octanol–water partition coefficient (Wildman–Crippen LogP) is 1.74. The second-order valence-electron chi connectivity index (χ2n) is 4.42. The van der Waals surface area contributed by atoms with E-state index in [-0.39, 0.29) is 0 Å². The van der Waals surface area contributed by atoms with E-state index in [1.165, 1.54) is 12.8 Å². The van der Waals surface area contributed by atoms with Crippen LogP contribution < -0.4 is 11.1 Å². The Morgan fingerprint density at radius 1 is 1.69 bits per heavy atom.